The standard InChI is InChI=1S/C27H24F6O/c1-2-3-4-5-6-16-7-10-20-17(11-16)8-9-18-12-22(23(28)15-21(18)20)19-13-24(29)26(25(30)14-19)34-27(31,32)33/h7,10-15H,2-6,8-9H2,1H3. The maximum absolute atomic E-state index is 15.1. The number of unbranched alkanes of at least 4 members (excludes halogenated alkanes) is 3. The number of hydrogen-bond donors (Lipinski definition) is 0. The van der Waals surface area contributed by atoms with Gasteiger partial charge in [-0.3, -0.25) is 0 Å². The van der Waals surface area contributed by atoms with Gasteiger partial charge in [-0.05, 0) is 83.3 Å². The van der Waals surface area contributed by atoms with Gasteiger partial charge in [-0.15, -0.1) is 13.2 Å². The zero-order valence-electron chi connectivity index (χ0n) is 18.7. The SMILES string of the molecule is CCCCCCc1ccc2c(c1)CCc1cc(-c3cc(F)c(OC(F)(F)F)c(F)c3)c(F)cc1-2. The van der Waals surface area contributed by atoms with E-state index in [9.17, 15) is 22.0 Å². The number of fused-ring (bicyclic) bond motifs is 3. The first kappa shape index (κ1) is 24.2. The largest absolute Gasteiger partial charge is 0.573 e. The van der Waals surface area contributed by atoms with E-state index in [-0.39, 0.29) is 11.1 Å². The number of aryl methyl sites for hydroxylation is 3. The zero-order valence-corrected chi connectivity index (χ0v) is 18.7. The van der Waals surface area contributed by atoms with E-state index in [1.165, 1.54) is 37.0 Å². The van der Waals surface area contributed by atoms with Crippen LogP contribution in [0, 0.1) is 17.5 Å². The van der Waals surface area contributed by atoms with E-state index in [4.69, 9.17) is 0 Å². The minimum Gasteiger partial charge on any atom is -0.399 e. The maximum Gasteiger partial charge on any atom is 0.573 e. The average Bonchev–Trinajstić information content (AvgIpc) is 2.78. The van der Waals surface area contributed by atoms with Crippen LogP contribution in [0.4, 0.5) is 26.3 Å². The van der Waals surface area contributed by atoms with Crippen LogP contribution in [0.25, 0.3) is 22.3 Å². The summed E-state index contributed by atoms with van der Waals surface area (Å²) >= 11 is 0. The molecule has 0 fully saturated rings. The van der Waals surface area contributed by atoms with Gasteiger partial charge in [0.05, 0.1) is 0 Å². The third-order valence-electron chi connectivity index (χ3n) is 6.16. The molecule has 0 saturated carbocycles. The Morgan fingerprint density at radius 2 is 1.41 bits per heavy atom. The Bertz CT molecular complexity index is 1180. The second kappa shape index (κ2) is 9.72. The molecule has 0 heterocycles. The van der Waals surface area contributed by atoms with Gasteiger partial charge < -0.3 is 4.74 Å². The minimum absolute atomic E-state index is 0.0777. The number of benzene rings is 3. The van der Waals surface area contributed by atoms with Crippen LogP contribution in [0.5, 0.6) is 5.75 Å². The summed E-state index contributed by atoms with van der Waals surface area (Å²) in [6.45, 7) is 2.17. The van der Waals surface area contributed by atoms with Gasteiger partial charge in [-0.2, -0.15) is 0 Å². The van der Waals surface area contributed by atoms with Crippen molar-refractivity contribution in [1.29, 1.82) is 0 Å². The van der Waals surface area contributed by atoms with Crippen molar-refractivity contribution in [2.24, 2.45) is 0 Å². The fourth-order valence-corrected chi connectivity index (χ4v) is 4.52. The molecule has 1 aliphatic carbocycles. The van der Waals surface area contributed by atoms with Gasteiger partial charge in [0.1, 0.15) is 5.82 Å². The molecule has 0 bridgehead atoms. The smallest absolute Gasteiger partial charge is 0.399 e. The summed E-state index contributed by atoms with van der Waals surface area (Å²) in [6.07, 6.45) is 1.83. The molecular formula is C27H24F6O. The second-order valence-electron chi connectivity index (χ2n) is 8.61. The van der Waals surface area contributed by atoms with Crippen LogP contribution in [0.1, 0.15) is 49.3 Å². The molecular weight excluding hydrogens is 454 g/mol. The molecule has 0 amide bonds. The van der Waals surface area contributed by atoms with Crippen molar-refractivity contribution in [2.75, 3.05) is 0 Å². The lowest BCUT2D eigenvalue weighted by Crippen LogP contribution is -2.19. The van der Waals surface area contributed by atoms with E-state index in [1.807, 2.05) is 6.07 Å². The molecule has 0 radical (unpaired) electrons. The Labute approximate surface area is 194 Å². The van der Waals surface area contributed by atoms with Crippen LogP contribution in [0.2, 0.25) is 0 Å². The molecule has 4 rings (SSSR count). The Morgan fingerprint density at radius 1 is 0.735 bits per heavy atom. The highest BCUT2D eigenvalue weighted by atomic mass is 19.4. The normalized spacial score (nSPS) is 12.9. The molecule has 0 aliphatic heterocycles. The molecule has 3 aromatic carbocycles. The van der Waals surface area contributed by atoms with Gasteiger partial charge in [0.2, 0.25) is 5.75 Å². The van der Waals surface area contributed by atoms with Crippen LogP contribution < -0.4 is 4.74 Å². The van der Waals surface area contributed by atoms with Gasteiger partial charge in [0.15, 0.2) is 11.6 Å². The van der Waals surface area contributed by atoms with E-state index in [2.05, 4.69) is 23.8 Å². The Balaban J connectivity index is 1.64. The lowest BCUT2D eigenvalue weighted by Gasteiger charge is -2.22. The average molecular weight is 478 g/mol. The minimum atomic E-state index is -5.25. The summed E-state index contributed by atoms with van der Waals surface area (Å²) in [6, 6.07) is 10.4. The summed E-state index contributed by atoms with van der Waals surface area (Å²) in [5.41, 5.74) is 4.58. The van der Waals surface area contributed by atoms with Crippen LogP contribution in [0.3, 0.4) is 0 Å². The van der Waals surface area contributed by atoms with Crippen molar-refractivity contribution >= 4 is 0 Å². The number of ether oxygens (including phenoxy) is 1. The van der Waals surface area contributed by atoms with E-state index in [0.29, 0.717) is 18.6 Å². The summed E-state index contributed by atoms with van der Waals surface area (Å²) < 4.78 is 84.0. The molecule has 180 valence electrons. The maximum atomic E-state index is 15.1. The lowest BCUT2D eigenvalue weighted by molar-refractivity contribution is -0.276. The van der Waals surface area contributed by atoms with Gasteiger partial charge >= 0.3 is 6.36 Å². The molecule has 34 heavy (non-hydrogen) atoms. The predicted molar refractivity (Wildman–Crippen MR) is 119 cm³/mol. The summed E-state index contributed by atoms with van der Waals surface area (Å²) in [4.78, 5) is 0. The molecule has 1 nitrogen and oxygen atoms in total. The molecule has 3 aromatic rings. The van der Waals surface area contributed by atoms with Gasteiger partial charge in [0, 0.05) is 5.56 Å². The monoisotopic (exact) mass is 478 g/mol. The van der Waals surface area contributed by atoms with Crippen molar-refractivity contribution in [1.82, 2.24) is 0 Å². The number of halogens is 6. The molecule has 0 aromatic heterocycles. The summed E-state index contributed by atoms with van der Waals surface area (Å²) in [7, 11) is 0. The van der Waals surface area contributed by atoms with Crippen LogP contribution in [0.15, 0.2) is 42.5 Å². The van der Waals surface area contributed by atoms with E-state index in [1.54, 1.807) is 0 Å². The fraction of sp³-hybridized carbons (Fsp3) is 0.333. The Hall–Kier alpha value is -2.96. The van der Waals surface area contributed by atoms with E-state index < -0.39 is 29.6 Å². The van der Waals surface area contributed by atoms with E-state index >= 15 is 4.39 Å². The Kier molecular flexibility index (Phi) is 6.91. The molecule has 0 spiro atoms. The lowest BCUT2D eigenvalue weighted by atomic mass is 9.83. The van der Waals surface area contributed by atoms with Crippen molar-refractivity contribution < 1.29 is 31.1 Å². The van der Waals surface area contributed by atoms with Crippen molar-refractivity contribution in [3.8, 4) is 28.0 Å². The number of alkyl halides is 3. The molecule has 1 aliphatic rings. The van der Waals surface area contributed by atoms with Gasteiger partial charge in [0.25, 0.3) is 0 Å². The van der Waals surface area contributed by atoms with Crippen molar-refractivity contribution in [3.05, 3.63) is 76.6 Å². The first-order valence-corrected chi connectivity index (χ1v) is 11.4. The predicted octanol–water partition coefficient (Wildman–Crippen LogP) is 8.56. The van der Waals surface area contributed by atoms with Crippen LogP contribution in [-0.2, 0) is 19.3 Å². The molecule has 7 heteroatoms. The topological polar surface area (TPSA) is 9.23 Å². The first-order chi connectivity index (χ1) is 16.2. The fourth-order valence-electron chi connectivity index (χ4n) is 4.52. The summed E-state index contributed by atoms with van der Waals surface area (Å²) in [5.74, 6) is -5.38. The van der Waals surface area contributed by atoms with Gasteiger partial charge in [-0.25, -0.2) is 13.2 Å². The first-order valence-electron chi connectivity index (χ1n) is 11.4. The highest BCUT2D eigenvalue weighted by molar-refractivity contribution is 5.78. The highest BCUT2D eigenvalue weighted by Crippen LogP contribution is 2.39. The van der Waals surface area contributed by atoms with Crippen molar-refractivity contribution in [2.45, 2.75) is 58.2 Å². The molecule has 0 N–H and O–H groups in total. The number of hydrogen-bond acceptors (Lipinski definition) is 1. The second-order valence-corrected chi connectivity index (χ2v) is 8.61. The third kappa shape index (κ3) is 5.24. The highest BCUT2D eigenvalue weighted by Gasteiger charge is 2.34. The van der Waals surface area contributed by atoms with E-state index in [0.717, 1.165) is 41.5 Å². The third-order valence-corrected chi connectivity index (χ3v) is 6.16. The van der Waals surface area contributed by atoms with Gasteiger partial charge in [-0.1, -0.05) is 44.4 Å². The zero-order chi connectivity index (χ0) is 24.5. The molecule has 0 atom stereocenters. The van der Waals surface area contributed by atoms with Crippen LogP contribution in [-0.4, -0.2) is 6.36 Å². The molecule has 0 unspecified atom stereocenters. The van der Waals surface area contributed by atoms with Crippen molar-refractivity contribution in [3.63, 3.8) is 0 Å². The Morgan fingerprint density at radius 3 is 2.06 bits per heavy atom. The van der Waals surface area contributed by atoms with Crippen LogP contribution >= 0.6 is 0 Å². The summed E-state index contributed by atoms with van der Waals surface area (Å²) in [5, 5.41) is 0. The quantitative estimate of drug-likeness (QED) is 0.244. The number of rotatable bonds is 7. The molecule has 0 saturated heterocycles.